The van der Waals surface area contributed by atoms with Crippen molar-refractivity contribution >= 4 is 17.7 Å². The molecule has 0 radical (unpaired) electrons. The number of nitrogens with zero attached hydrogens (tertiary/aromatic N) is 3. The minimum Gasteiger partial charge on any atom is -0.339 e. The molecule has 1 aromatic heterocycles. The molecule has 2 rings (SSSR count). The summed E-state index contributed by atoms with van der Waals surface area (Å²) in [4.78, 5) is 14.2. The topological polar surface area (TPSA) is 64.2 Å². The summed E-state index contributed by atoms with van der Waals surface area (Å²) in [6.07, 6.45) is 3.46. The molecule has 2 N–H and O–H groups in total. The first kappa shape index (κ1) is 13.4. The van der Waals surface area contributed by atoms with E-state index in [1.807, 2.05) is 23.7 Å². The van der Waals surface area contributed by atoms with Gasteiger partial charge in [0.15, 0.2) is 0 Å². The summed E-state index contributed by atoms with van der Waals surface area (Å²) in [6, 6.07) is -0.596. The first-order valence-electron chi connectivity index (χ1n) is 6.15. The van der Waals surface area contributed by atoms with Gasteiger partial charge >= 0.3 is 0 Å². The molecule has 6 heteroatoms. The highest BCUT2D eigenvalue weighted by molar-refractivity contribution is 8.00. The van der Waals surface area contributed by atoms with Gasteiger partial charge < -0.3 is 10.6 Å². The maximum absolute atomic E-state index is 12.4. The highest BCUT2D eigenvalue weighted by Gasteiger charge is 2.29. The molecule has 2 heterocycles. The number of aryl methyl sites for hydroxylation is 1. The van der Waals surface area contributed by atoms with Crippen LogP contribution in [0.5, 0.6) is 0 Å². The van der Waals surface area contributed by atoms with Crippen LogP contribution in [0, 0.1) is 0 Å². The molecule has 1 aliphatic heterocycles. The Labute approximate surface area is 112 Å². The predicted molar refractivity (Wildman–Crippen MR) is 73.2 cm³/mol. The van der Waals surface area contributed by atoms with Crippen molar-refractivity contribution in [1.29, 1.82) is 0 Å². The highest BCUT2D eigenvalue weighted by Crippen LogP contribution is 2.26. The van der Waals surface area contributed by atoms with Crippen molar-refractivity contribution in [1.82, 2.24) is 14.7 Å². The molecule has 1 amide bonds. The molecule has 5 nitrogen and oxygen atoms in total. The quantitative estimate of drug-likeness (QED) is 0.860. The zero-order valence-electron chi connectivity index (χ0n) is 11.0. The fourth-order valence-electron chi connectivity index (χ4n) is 2.30. The van der Waals surface area contributed by atoms with Crippen LogP contribution in [-0.4, -0.2) is 44.2 Å². The van der Waals surface area contributed by atoms with E-state index in [1.165, 1.54) is 0 Å². The van der Waals surface area contributed by atoms with Crippen LogP contribution in [0.2, 0.25) is 0 Å². The SMILES string of the molecule is CC1CN(C(=O)C(N)c2cnn(C)c2)CC(C)S1. The highest BCUT2D eigenvalue weighted by atomic mass is 32.2. The zero-order valence-corrected chi connectivity index (χ0v) is 11.9. The van der Waals surface area contributed by atoms with Crippen LogP contribution in [0.1, 0.15) is 25.5 Å². The van der Waals surface area contributed by atoms with Gasteiger partial charge in [0, 0.05) is 42.4 Å². The number of hydrogen-bond acceptors (Lipinski definition) is 4. The Morgan fingerprint density at radius 3 is 2.61 bits per heavy atom. The third kappa shape index (κ3) is 2.87. The van der Waals surface area contributed by atoms with Gasteiger partial charge in [-0.25, -0.2) is 0 Å². The molecule has 1 fully saturated rings. The van der Waals surface area contributed by atoms with Gasteiger partial charge in [0.1, 0.15) is 6.04 Å². The normalized spacial score (nSPS) is 26.1. The largest absolute Gasteiger partial charge is 0.339 e. The molecule has 3 unspecified atom stereocenters. The van der Waals surface area contributed by atoms with Crippen molar-refractivity contribution in [2.24, 2.45) is 12.8 Å². The van der Waals surface area contributed by atoms with Crippen molar-refractivity contribution in [2.75, 3.05) is 13.1 Å². The van der Waals surface area contributed by atoms with Gasteiger partial charge in [-0.1, -0.05) is 13.8 Å². The van der Waals surface area contributed by atoms with E-state index in [0.717, 1.165) is 18.7 Å². The molecular weight excluding hydrogens is 248 g/mol. The Balaban J connectivity index is 2.06. The van der Waals surface area contributed by atoms with Crippen molar-refractivity contribution in [3.05, 3.63) is 18.0 Å². The summed E-state index contributed by atoms with van der Waals surface area (Å²) < 4.78 is 1.67. The lowest BCUT2D eigenvalue weighted by molar-refractivity contribution is -0.132. The molecule has 0 aromatic carbocycles. The maximum Gasteiger partial charge on any atom is 0.244 e. The molecule has 0 spiro atoms. The fourth-order valence-corrected chi connectivity index (χ4v) is 3.62. The zero-order chi connectivity index (χ0) is 13.3. The smallest absolute Gasteiger partial charge is 0.244 e. The van der Waals surface area contributed by atoms with Gasteiger partial charge in [-0.15, -0.1) is 0 Å². The molecule has 0 bridgehead atoms. The standard InChI is InChI=1S/C12H20N4OS/c1-8-5-16(6-9(2)18-8)12(17)11(13)10-4-14-15(3)7-10/h4,7-9,11H,5-6,13H2,1-3H3. The van der Waals surface area contributed by atoms with Crippen molar-refractivity contribution in [2.45, 2.75) is 30.4 Å². The van der Waals surface area contributed by atoms with E-state index in [1.54, 1.807) is 17.1 Å². The first-order valence-corrected chi connectivity index (χ1v) is 7.10. The van der Waals surface area contributed by atoms with E-state index >= 15 is 0 Å². The van der Waals surface area contributed by atoms with Crippen molar-refractivity contribution in [3.8, 4) is 0 Å². The second kappa shape index (κ2) is 5.32. The average molecular weight is 268 g/mol. The summed E-state index contributed by atoms with van der Waals surface area (Å²) in [5.74, 6) is 0.00185. The lowest BCUT2D eigenvalue weighted by Gasteiger charge is -2.35. The average Bonchev–Trinajstić information content (AvgIpc) is 2.72. The van der Waals surface area contributed by atoms with Crippen LogP contribution >= 0.6 is 11.8 Å². The monoisotopic (exact) mass is 268 g/mol. The molecule has 0 aliphatic carbocycles. The van der Waals surface area contributed by atoms with Crippen molar-refractivity contribution < 1.29 is 4.79 Å². The van der Waals surface area contributed by atoms with Gasteiger partial charge in [-0.3, -0.25) is 9.48 Å². The van der Waals surface area contributed by atoms with Gasteiger partial charge in [-0.2, -0.15) is 16.9 Å². The fraction of sp³-hybridized carbons (Fsp3) is 0.667. The predicted octanol–water partition coefficient (Wildman–Crippen LogP) is 0.772. The third-order valence-electron chi connectivity index (χ3n) is 3.08. The minimum atomic E-state index is -0.596. The number of amides is 1. The number of nitrogens with two attached hydrogens (primary N) is 1. The van der Waals surface area contributed by atoms with Gasteiger partial charge in [0.25, 0.3) is 0 Å². The first-order chi connectivity index (χ1) is 8.47. The molecule has 100 valence electrons. The van der Waals surface area contributed by atoms with E-state index in [2.05, 4.69) is 18.9 Å². The van der Waals surface area contributed by atoms with Gasteiger partial charge in [0.05, 0.1) is 6.20 Å². The number of hydrogen-bond donors (Lipinski definition) is 1. The number of carbonyl (C=O) groups is 1. The Hall–Kier alpha value is -1.01. The Bertz CT molecular complexity index is 423. The lowest BCUT2D eigenvalue weighted by Crippen LogP contribution is -2.47. The lowest BCUT2D eigenvalue weighted by atomic mass is 10.1. The van der Waals surface area contributed by atoms with E-state index in [9.17, 15) is 4.79 Å². The van der Waals surface area contributed by atoms with Crippen LogP contribution < -0.4 is 5.73 Å². The summed E-state index contributed by atoms with van der Waals surface area (Å²) in [5, 5.41) is 5.00. The summed E-state index contributed by atoms with van der Waals surface area (Å²) in [5.41, 5.74) is 6.80. The number of aromatic nitrogens is 2. The molecule has 18 heavy (non-hydrogen) atoms. The number of rotatable bonds is 2. The molecule has 0 saturated carbocycles. The minimum absolute atomic E-state index is 0.00185. The molecule has 1 saturated heterocycles. The molecular formula is C12H20N4OS. The molecule has 1 aliphatic rings. The van der Waals surface area contributed by atoms with Crippen molar-refractivity contribution in [3.63, 3.8) is 0 Å². The van der Waals surface area contributed by atoms with E-state index in [0.29, 0.717) is 10.5 Å². The van der Waals surface area contributed by atoms with E-state index in [4.69, 9.17) is 5.73 Å². The maximum atomic E-state index is 12.4. The Morgan fingerprint density at radius 2 is 2.11 bits per heavy atom. The third-order valence-corrected chi connectivity index (χ3v) is 4.31. The second-order valence-corrected chi connectivity index (χ2v) is 6.81. The summed E-state index contributed by atoms with van der Waals surface area (Å²) in [7, 11) is 1.82. The Morgan fingerprint density at radius 1 is 1.50 bits per heavy atom. The van der Waals surface area contributed by atoms with E-state index < -0.39 is 6.04 Å². The van der Waals surface area contributed by atoms with Crippen LogP contribution in [0.15, 0.2) is 12.4 Å². The van der Waals surface area contributed by atoms with Gasteiger partial charge in [0.2, 0.25) is 5.91 Å². The van der Waals surface area contributed by atoms with Crippen LogP contribution in [0.3, 0.4) is 0 Å². The summed E-state index contributed by atoms with van der Waals surface area (Å²) >= 11 is 1.92. The van der Waals surface area contributed by atoms with Crippen LogP contribution in [0.25, 0.3) is 0 Å². The summed E-state index contributed by atoms with van der Waals surface area (Å²) in [6.45, 7) is 5.86. The second-order valence-electron chi connectivity index (χ2n) is 4.93. The van der Waals surface area contributed by atoms with Crippen LogP contribution in [-0.2, 0) is 11.8 Å². The number of thioether (sulfide) groups is 1. The Kier molecular flexibility index (Phi) is 3.97. The molecule has 3 atom stereocenters. The van der Waals surface area contributed by atoms with Gasteiger partial charge in [-0.05, 0) is 0 Å². The van der Waals surface area contributed by atoms with E-state index in [-0.39, 0.29) is 5.91 Å². The van der Waals surface area contributed by atoms with Crippen LogP contribution in [0.4, 0.5) is 0 Å². The number of carbonyl (C=O) groups excluding carboxylic acids is 1. The molecule has 1 aromatic rings.